The van der Waals surface area contributed by atoms with Crippen LogP contribution >= 0.6 is 0 Å². The molecule has 0 aliphatic carbocycles. The molecule has 23 heavy (non-hydrogen) atoms. The summed E-state index contributed by atoms with van der Waals surface area (Å²) in [6.07, 6.45) is 4.80. The van der Waals surface area contributed by atoms with Crippen LogP contribution in [0.4, 0.5) is 4.79 Å². The summed E-state index contributed by atoms with van der Waals surface area (Å²) in [6.45, 7) is 12.5. The second kappa shape index (κ2) is 9.43. The van der Waals surface area contributed by atoms with Crippen LogP contribution in [0.25, 0.3) is 0 Å². The zero-order valence-corrected chi connectivity index (χ0v) is 15.0. The van der Waals surface area contributed by atoms with Gasteiger partial charge in [-0.25, -0.2) is 4.79 Å². The topological polar surface area (TPSA) is 66.0 Å². The fraction of sp³-hybridized carbons (Fsp3) is 0.765. The molecule has 1 saturated heterocycles. The number of guanidine groups is 1. The Balaban J connectivity index is 2.35. The van der Waals surface area contributed by atoms with Gasteiger partial charge in [0, 0.05) is 33.2 Å². The molecule has 0 aromatic heterocycles. The van der Waals surface area contributed by atoms with E-state index in [4.69, 9.17) is 4.74 Å². The molecule has 0 bridgehead atoms. The first-order valence-corrected chi connectivity index (χ1v) is 8.39. The first-order chi connectivity index (χ1) is 10.9. The average Bonchev–Trinajstić information content (AvgIpc) is 2.49. The molecule has 1 aliphatic rings. The van der Waals surface area contributed by atoms with Crippen molar-refractivity contribution in [1.82, 2.24) is 15.5 Å². The molecule has 0 aromatic carbocycles. The van der Waals surface area contributed by atoms with Gasteiger partial charge in [-0.3, -0.25) is 4.99 Å². The molecule has 1 aliphatic heterocycles. The van der Waals surface area contributed by atoms with E-state index < -0.39 is 5.60 Å². The van der Waals surface area contributed by atoms with Crippen molar-refractivity contribution >= 4 is 12.1 Å². The Hall–Kier alpha value is -1.72. The highest BCUT2D eigenvalue weighted by molar-refractivity contribution is 5.79. The molecule has 0 aromatic rings. The Kier molecular flexibility index (Phi) is 7.92. The second-order valence-corrected chi connectivity index (χ2v) is 6.89. The number of amides is 1. The Morgan fingerprint density at radius 2 is 2.17 bits per heavy atom. The molecule has 0 spiro atoms. The second-order valence-electron chi connectivity index (χ2n) is 6.89. The molecule has 6 nitrogen and oxygen atoms in total. The standard InChI is InChI=1S/C17H32N4O2/c1-6-10-19-15(18-5)20-11-9-14-8-7-12-21(13-14)16(22)23-17(2,3)4/h6,14H,1,7-13H2,2-5H3,(H2,18,19,20). The quantitative estimate of drug-likeness (QED) is 0.463. The highest BCUT2D eigenvalue weighted by Gasteiger charge is 2.27. The van der Waals surface area contributed by atoms with Crippen LogP contribution < -0.4 is 10.6 Å². The van der Waals surface area contributed by atoms with Gasteiger partial charge in [0.1, 0.15) is 5.60 Å². The summed E-state index contributed by atoms with van der Waals surface area (Å²) in [5.74, 6) is 1.28. The van der Waals surface area contributed by atoms with Crippen molar-refractivity contribution in [1.29, 1.82) is 0 Å². The zero-order valence-electron chi connectivity index (χ0n) is 15.0. The number of carbonyl (C=O) groups is 1. The van der Waals surface area contributed by atoms with Crippen LogP contribution in [0.2, 0.25) is 0 Å². The summed E-state index contributed by atoms with van der Waals surface area (Å²) < 4.78 is 5.46. The van der Waals surface area contributed by atoms with Crippen LogP contribution in [0, 0.1) is 5.92 Å². The van der Waals surface area contributed by atoms with E-state index in [1.54, 1.807) is 13.1 Å². The minimum atomic E-state index is -0.436. The smallest absolute Gasteiger partial charge is 0.410 e. The third-order valence-electron chi connectivity index (χ3n) is 3.65. The SMILES string of the molecule is C=CCNC(=NC)NCCC1CCCN(C(=O)OC(C)(C)C)C1. The fourth-order valence-electron chi connectivity index (χ4n) is 2.58. The van der Waals surface area contributed by atoms with Gasteiger partial charge in [-0.05, 0) is 46.0 Å². The Labute approximate surface area is 140 Å². The number of likely N-dealkylation sites (tertiary alicyclic amines) is 1. The van der Waals surface area contributed by atoms with E-state index in [9.17, 15) is 4.79 Å². The molecule has 1 fully saturated rings. The first kappa shape index (κ1) is 19.3. The van der Waals surface area contributed by atoms with Crippen molar-refractivity contribution in [3.05, 3.63) is 12.7 Å². The van der Waals surface area contributed by atoms with E-state index in [2.05, 4.69) is 22.2 Å². The van der Waals surface area contributed by atoms with E-state index >= 15 is 0 Å². The van der Waals surface area contributed by atoms with Crippen LogP contribution in [0.15, 0.2) is 17.6 Å². The van der Waals surface area contributed by atoms with E-state index in [1.807, 2.05) is 25.7 Å². The number of rotatable bonds is 5. The Bertz CT molecular complexity index is 415. The molecule has 6 heteroatoms. The molecule has 1 atom stereocenters. The summed E-state index contributed by atoms with van der Waals surface area (Å²) in [5, 5.41) is 6.44. The third-order valence-corrected chi connectivity index (χ3v) is 3.65. The van der Waals surface area contributed by atoms with Gasteiger partial charge >= 0.3 is 6.09 Å². The van der Waals surface area contributed by atoms with Gasteiger partial charge in [0.05, 0.1) is 0 Å². The summed E-state index contributed by atoms with van der Waals surface area (Å²) >= 11 is 0. The molecular formula is C17H32N4O2. The summed E-state index contributed by atoms with van der Waals surface area (Å²) in [7, 11) is 1.75. The number of hydrogen-bond acceptors (Lipinski definition) is 3. The lowest BCUT2D eigenvalue weighted by Gasteiger charge is -2.34. The van der Waals surface area contributed by atoms with E-state index in [0.29, 0.717) is 12.5 Å². The zero-order chi connectivity index (χ0) is 17.3. The van der Waals surface area contributed by atoms with Crippen molar-refractivity contribution < 1.29 is 9.53 Å². The molecule has 0 saturated carbocycles. The van der Waals surface area contributed by atoms with E-state index in [0.717, 1.165) is 44.9 Å². The van der Waals surface area contributed by atoms with Crippen molar-refractivity contribution in [2.45, 2.75) is 45.6 Å². The third kappa shape index (κ3) is 7.90. The number of nitrogens with one attached hydrogen (secondary N) is 2. The summed E-state index contributed by atoms with van der Waals surface area (Å²) in [6, 6.07) is 0. The number of aliphatic imine (C=N–C) groups is 1. The number of carbonyl (C=O) groups excluding carboxylic acids is 1. The van der Waals surface area contributed by atoms with Crippen LogP contribution in [0.5, 0.6) is 0 Å². The molecule has 1 rings (SSSR count). The first-order valence-electron chi connectivity index (χ1n) is 8.39. The van der Waals surface area contributed by atoms with E-state index in [1.165, 1.54) is 0 Å². The summed E-state index contributed by atoms with van der Waals surface area (Å²) in [4.78, 5) is 18.1. The monoisotopic (exact) mass is 324 g/mol. The lowest BCUT2D eigenvalue weighted by atomic mass is 9.95. The van der Waals surface area contributed by atoms with Crippen LogP contribution in [-0.2, 0) is 4.74 Å². The largest absolute Gasteiger partial charge is 0.444 e. The molecule has 1 amide bonds. The van der Waals surface area contributed by atoms with Gasteiger partial charge < -0.3 is 20.3 Å². The van der Waals surface area contributed by atoms with Gasteiger partial charge in [-0.15, -0.1) is 6.58 Å². The van der Waals surface area contributed by atoms with Crippen LogP contribution in [-0.4, -0.2) is 55.8 Å². The molecule has 1 unspecified atom stereocenters. The number of ether oxygens (including phenoxy) is 1. The molecule has 2 N–H and O–H groups in total. The fourth-order valence-corrected chi connectivity index (χ4v) is 2.58. The van der Waals surface area contributed by atoms with E-state index in [-0.39, 0.29) is 6.09 Å². The number of hydrogen-bond donors (Lipinski definition) is 2. The van der Waals surface area contributed by atoms with Gasteiger partial charge in [-0.1, -0.05) is 6.08 Å². The molecule has 132 valence electrons. The normalized spacial score (nSPS) is 19.2. The Morgan fingerprint density at radius 1 is 1.43 bits per heavy atom. The van der Waals surface area contributed by atoms with Gasteiger partial charge in [-0.2, -0.15) is 0 Å². The molecular weight excluding hydrogens is 292 g/mol. The highest BCUT2D eigenvalue weighted by atomic mass is 16.6. The molecule has 1 heterocycles. The van der Waals surface area contributed by atoms with Crippen LogP contribution in [0.1, 0.15) is 40.0 Å². The highest BCUT2D eigenvalue weighted by Crippen LogP contribution is 2.21. The maximum Gasteiger partial charge on any atom is 0.410 e. The Morgan fingerprint density at radius 3 is 2.78 bits per heavy atom. The summed E-state index contributed by atoms with van der Waals surface area (Å²) in [5.41, 5.74) is -0.436. The minimum absolute atomic E-state index is 0.196. The van der Waals surface area contributed by atoms with Gasteiger partial charge in [0.15, 0.2) is 5.96 Å². The van der Waals surface area contributed by atoms with Crippen molar-refractivity contribution in [2.75, 3.05) is 33.2 Å². The van der Waals surface area contributed by atoms with Crippen molar-refractivity contribution in [2.24, 2.45) is 10.9 Å². The van der Waals surface area contributed by atoms with Gasteiger partial charge in [0.25, 0.3) is 0 Å². The predicted octanol–water partition coefficient (Wildman–Crippen LogP) is 2.37. The number of nitrogens with zero attached hydrogens (tertiary/aromatic N) is 2. The van der Waals surface area contributed by atoms with Crippen LogP contribution in [0.3, 0.4) is 0 Å². The average molecular weight is 324 g/mol. The molecule has 0 radical (unpaired) electrons. The van der Waals surface area contributed by atoms with Gasteiger partial charge in [0.2, 0.25) is 0 Å². The maximum absolute atomic E-state index is 12.2. The van der Waals surface area contributed by atoms with Crippen molar-refractivity contribution in [3.8, 4) is 0 Å². The maximum atomic E-state index is 12.2. The lowest BCUT2D eigenvalue weighted by molar-refractivity contribution is 0.0162. The number of piperidine rings is 1. The lowest BCUT2D eigenvalue weighted by Crippen LogP contribution is -2.44. The van der Waals surface area contributed by atoms with Crippen molar-refractivity contribution in [3.63, 3.8) is 0 Å². The predicted molar refractivity (Wildman–Crippen MR) is 94.7 cm³/mol. The minimum Gasteiger partial charge on any atom is -0.444 e.